The molecule has 0 saturated carbocycles. The lowest BCUT2D eigenvalue weighted by Gasteiger charge is -2.09. The van der Waals surface area contributed by atoms with Gasteiger partial charge in [-0.05, 0) is 48.5 Å². The molecule has 37 heavy (non-hydrogen) atoms. The molecule has 0 spiro atoms. The van der Waals surface area contributed by atoms with Crippen LogP contribution >= 0.6 is 23.2 Å². The van der Waals surface area contributed by atoms with E-state index >= 15 is 0 Å². The van der Waals surface area contributed by atoms with Crippen molar-refractivity contribution in [1.29, 1.82) is 5.26 Å². The molecule has 1 heterocycles. The Morgan fingerprint density at radius 3 is 2.30 bits per heavy atom. The van der Waals surface area contributed by atoms with Gasteiger partial charge in [0, 0.05) is 17.5 Å². The fourth-order valence-electron chi connectivity index (χ4n) is 2.84. The number of nitrogens with one attached hydrogen (secondary N) is 3. The van der Waals surface area contributed by atoms with E-state index in [1.165, 1.54) is 36.4 Å². The second kappa shape index (κ2) is 11.6. The van der Waals surface area contributed by atoms with Gasteiger partial charge in [0.2, 0.25) is 0 Å². The van der Waals surface area contributed by atoms with Gasteiger partial charge in [-0.25, -0.2) is 0 Å². The molecule has 0 aliphatic carbocycles. The van der Waals surface area contributed by atoms with E-state index < -0.39 is 35.0 Å². The molecule has 0 unspecified atom stereocenters. The minimum absolute atomic E-state index is 0.0558. The van der Waals surface area contributed by atoms with Gasteiger partial charge >= 0.3 is 18.0 Å². The Morgan fingerprint density at radius 2 is 1.62 bits per heavy atom. The summed E-state index contributed by atoms with van der Waals surface area (Å²) in [5.74, 6) is -2.65. The molecule has 3 aromatic rings. The molecule has 3 rings (SSSR count). The zero-order valence-corrected chi connectivity index (χ0v) is 20.0. The number of hydrogen-bond donors (Lipinski definition) is 3. The lowest BCUT2D eigenvalue weighted by molar-refractivity contribution is -0.137. The van der Waals surface area contributed by atoms with E-state index in [0.29, 0.717) is 0 Å². The molecule has 0 radical (unpaired) electrons. The summed E-state index contributed by atoms with van der Waals surface area (Å²) in [4.78, 5) is 36.4. The summed E-state index contributed by atoms with van der Waals surface area (Å²) < 4.78 is 44.0. The molecule has 190 valence electrons. The quantitative estimate of drug-likeness (QED) is 0.215. The van der Waals surface area contributed by atoms with Gasteiger partial charge in [0.15, 0.2) is 0 Å². The number of rotatable bonds is 6. The van der Waals surface area contributed by atoms with E-state index in [2.05, 4.69) is 16.0 Å². The van der Waals surface area contributed by atoms with Crippen molar-refractivity contribution < 1.29 is 32.0 Å². The predicted octanol–water partition coefficient (Wildman–Crippen LogP) is 5.41. The van der Waals surface area contributed by atoms with Gasteiger partial charge in [-0.3, -0.25) is 14.4 Å². The molecule has 0 bridgehead atoms. The standard InChI is InChI=1S/C24H15Cl2F3N4O4/c25-19-7-4-16(10-20(19)26)33-23(36)22(35)31-12-18-6-5-17(37-18)8-13(11-30)21(34)32-15-3-1-2-14(9-15)24(27,28)29/h1-10H,12H2,(H,31,35)(H,32,34)(H,33,36)/b13-8-. The molecule has 8 nitrogen and oxygen atoms in total. The lowest BCUT2D eigenvalue weighted by Crippen LogP contribution is -2.34. The highest BCUT2D eigenvalue weighted by atomic mass is 35.5. The van der Waals surface area contributed by atoms with E-state index in [1.54, 1.807) is 6.07 Å². The Hall–Kier alpha value is -4.27. The molecule has 0 aliphatic heterocycles. The monoisotopic (exact) mass is 550 g/mol. The number of hydrogen-bond acceptors (Lipinski definition) is 5. The van der Waals surface area contributed by atoms with Gasteiger partial charge in [0.1, 0.15) is 23.2 Å². The van der Waals surface area contributed by atoms with Crippen molar-refractivity contribution in [2.75, 3.05) is 10.6 Å². The lowest BCUT2D eigenvalue weighted by atomic mass is 10.1. The summed E-state index contributed by atoms with van der Waals surface area (Å²) in [7, 11) is 0. The second-order valence-corrected chi connectivity index (χ2v) is 8.09. The summed E-state index contributed by atoms with van der Waals surface area (Å²) in [6.07, 6.45) is -3.52. The number of nitrogens with zero attached hydrogens (tertiary/aromatic N) is 1. The van der Waals surface area contributed by atoms with Crippen LogP contribution in [0.1, 0.15) is 17.1 Å². The second-order valence-electron chi connectivity index (χ2n) is 7.27. The highest BCUT2D eigenvalue weighted by Gasteiger charge is 2.30. The summed E-state index contributed by atoms with van der Waals surface area (Å²) in [6, 6.07) is 12.7. The van der Waals surface area contributed by atoms with Crippen LogP contribution in [0.2, 0.25) is 10.0 Å². The molecular weight excluding hydrogens is 536 g/mol. The molecule has 0 saturated heterocycles. The number of furan rings is 1. The molecule has 1 aromatic heterocycles. The van der Waals surface area contributed by atoms with Crippen LogP contribution in [0.15, 0.2) is 64.6 Å². The number of alkyl halides is 3. The van der Waals surface area contributed by atoms with Crippen LogP contribution in [0, 0.1) is 11.3 Å². The molecule has 0 aliphatic rings. The van der Waals surface area contributed by atoms with E-state index in [0.717, 1.165) is 24.3 Å². The zero-order chi connectivity index (χ0) is 27.2. The average Bonchev–Trinajstić information content (AvgIpc) is 3.30. The Labute approximate surface area is 217 Å². The highest BCUT2D eigenvalue weighted by Crippen LogP contribution is 2.30. The van der Waals surface area contributed by atoms with Crippen LogP contribution in [0.3, 0.4) is 0 Å². The first-order chi connectivity index (χ1) is 17.5. The first-order valence-corrected chi connectivity index (χ1v) is 10.9. The first kappa shape index (κ1) is 27.3. The molecule has 0 atom stereocenters. The average molecular weight is 551 g/mol. The maximum atomic E-state index is 12.9. The zero-order valence-electron chi connectivity index (χ0n) is 18.5. The van der Waals surface area contributed by atoms with Crippen molar-refractivity contribution in [2.45, 2.75) is 12.7 Å². The predicted molar refractivity (Wildman–Crippen MR) is 129 cm³/mol. The van der Waals surface area contributed by atoms with Crippen LogP contribution in [0.25, 0.3) is 6.08 Å². The Morgan fingerprint density at radius 1 is 0.919 bits per heavy atom. The molecular formula is C24H15Cl2F3N4O4. The fourth-order valence-corrected chi connectivity index (χ4v) is 3.14. The van der Waals surface area contributed by atoms with Gasteiger partial charge < -0.3 is 20.4 Å². The maximum Gasteiger partial charge on any atom is 0.416 e. The highest BCUT2D eigenvalue weighted by molar-refractivity contribution is 6.43. The van der Waals surface area contributed by atoms with Crippen LogP contribution in [0.4, 0.5) is 24.5 Å². The van der Waals surface area contributed by atoms with Crippen LogP contribution in [-0.4, -0.2) is 17.7 Å². The van der Waals surface area contributed by atoms with E-state index in [9.17, 15) is 32.8 Å². The topological polar surface area (TPSA) is 124 Å². The van der Waals surface area contributed by atoms with E-state index in [4.69, 9.17) is 27.6 Å². The molecule has 3 amide bonds. The molecule has 2 aromatic carbocycles. The largest absolute Gasteiger partial charge is 0.460 e. The Kier molecular flexibility index (Phi) is 8.60. The Balaban J connectivity index is 1.59. The number of carbonyl (C=O) groups excluding carboxylic acids is 3. The van der Waals surface area contributed by atoms with E-state index in [1.807, 2.05) is 0 Å². The number of benzene rings is 2. The summed E-state index contributed by atoms with van der Waals surface area (Å²) in [6.45, 7) is -0.195. The number of amides is 3. The third kappa shape index (κ3) is 7.60. The van der Waals surface area contributed by atoms with Crippen molar-refractivity contribution in [3.63, 3.8) is 0 Å². The van der Waals surface area contributed by atoms with Gasteiger partial charge in [0.05, 0.1) is 22.2 Å². The SMILES string of the molecule is N#C/C(=C/c1ccc(CNC(=O)C(=O)Nc2ccc(Cl)c(Cl)c2)o1)C(=O)Nc1cccc(C(F)(F)F)c1. The van der Waals surface area contributed by atoms with Crippen molar-refractivity contribution in [3.8, 4) is 6.07 Å². The van der Waals surface area contributed by atoms with Gasteiger partial charge in [0.25, 0.3) is 5.91 Å². The number of carbonyl (C=O) groups is 3. The van der Waals surface area contributed by atoms with Crippen molar-refractivity contribution in [2.24, 2.45) is 0 Å². The normalized spacial score (nSPS) is 11.4. The minimum atomic E-state index is -4.60. The summed E-state index contributed by atoms with van der Waals surface area (Å²) in [5.41, 5.74) is -1.30. The third-order valence-electron chi connectivity index (χ3n) is 4.59. The van der Waals surface area contributed by atoms with Crippen LogP contribution in [-0.2, 0) is 27.1 Å². The third-order valence-corrected chi connectivity index (χ3v) is 5.33. The molecule has 13 heteroatoms. The fraction of sp³-hybridized carbons (Fsp3) is 0.0833. The first-order valence-electron chi connectivity index (χ1n) is 10.2. The van der Waals surface area contributed by atoms with Crippen LogP contribution < -0.4 is 16.0 Å². The summed E-state index contributed by atoms with van der Waals surface area (Å²) >= 11 is 11.7. The molecule has 0 fully saturated rings. The van der Waals surface area contributed by atoms with E-state index in [-0.39, 0.29) is 39.5 Å². The van der Waals surface area contributed by atoms with Gasteiger partial charge in [-0.1, -0.05) is 29.3 Å². The van der Waals surface area contributed by atoms with Gasteiger partial charge in [-0.15, -0.1) is 0 Å². The van der Waals surface area contributed by atoms with Crippen molar-refractivity contribution >= 4 is 58.4 Å². The number of nitriles is 1. The Bertz CT molecular complexity index is 1430. The van der Waals surface area contributed by atoms with Crippen molar-refractivity contribution in [1.82, 2.24) is 5.32 Å². The minimum Gasteiger partial charge on any atom is -0.460 e. The van der Waals surface area contributed by atoms with Crippen LogP contribution in [0.5, 0.6) is 0 Å². The smallest absolute Gasteiger partial charge is 0.416 e. The molecule has 3 N–H and O–H groups in total. The summed E-state index contributed by atoms with van der Waals surface area (Å²) in [5, 5.41) is 16.7. The number of halogens is 5. The maximum absolute atomic E-state index is 12.9. The van der Waals surface area contributed by atoms with Gasteiger partial charge in [-0.2, -0.15) is 18.4 Å². The number of anilines is 2. The van der Waals surface area contributed by atoms with Crippen molar-refractivity contribution in [3.05, 3.63) is 87.3 Å².